The molecule has 164 valence electrons. The van der Waals surface area contributed by atoms with Crippen LogP contribution in [-0.4, -0.2) is 8.32 Å². The van der Waals surface area contributed by atoms with Gasteiger partial charge in [0.15, 0.2) is 8.32 Å². The van der Waals surface area contributed by atoms with E-state index in [9.17, 15) is 4.39 Å². The van der Waals surface area contributed by atoms with Crippen LogP contribution in [0.2, 0.25) is 28.2 Å². The molecular formula is C24H37Cl2FOSi. The zero-order chi connectivity index (χ0) is 21.3. The van der Waals surface area contributed by atoms with E-state index in [0.717, 1.165) is 36.5 Å². The molecule has 2 aliphatic carbocycles. The highest BCUT2D eigenvalue weighted by molar-refractivity contribution is 6.73. The van der Waals surface area contributed by atoms with Crippen LogP contribution >= 0.6 is 23.2 Å². The molecule has 0 aliphatic heterocycles. The number of hydrogen-bond acceptors (Lipinski definition) is 1. The van der Waals surface area contributed by atoms with Gasteiger partial charge < -0.3 is 4.43 Å². The van der Waals surface area contributed by atoms with E-state index < -0.39 is 8.32 Å². The highest BCUT2D eigenvalue weighted by atomic mass is 35.5. The number of benzene rings is 1. The lowest BCUT2D eigenvalue weighted by Crippen LogP contribution is -2.37. The average molecular weight is 460 g/mol. The molecule has 0 aromatic heterocycles. The maximum Gasteiger partial charge on any atom is 0.192 e. The number of fused-ring (bicyclic) bond motifs is 2. The quantitative estimate of drug-likeness (QED) is 0.317. The van der Waals surface area contributed by atoms with E-state index in [1.165, 1.54) is 50.7 Å². The van der Waals surface area contributed by atoms with Gasteiger partial charge in [-0.05, 0) is 86.0 Å². The minimum absolute atomic E-state index is 0.132. The number of hydrogen-bond donors (Lipinski definition) is 0. The highest BCUT2D eigenvalue weighted by Gasteiger charge is 2.50. The molecule has 1 aromatic rings. The fourth-order valence-corrected chi connectivity index (χ4v) is 9.61. The molecule has 1 unspecified atom stereocenters. The molecule has 0 amide bonds. The second-order valence-electron chi connectivity index (χ2n) is 10.0. The number of rotatable bonds is 10. The van der Waals surface area contributed by atoms with Crippen molar-refractivity contribution in [2.24, 2.45) is 10.8 Å². The van der Waals surface area contributed by atoms with Gasteiger partial charge in [-0.1, -0.05) is 57.3 Å². The fourth-order valence-electron chi connectivity index (χ4n) is 6.07. The van der Waals surface area contributed by atoms with E-state index in [1.807, 2.05) is 0 Å². The Morgan fingerprint density at radius 3 is 2.03 bits per heavy atom. The summed E-state index contributed by atoms with van der Waals surface area (Å²) in [5, 5.41) is 0.803. The third-order valence-corrected chi connectivity index (χ3v) is 13.5. The molecule has 5 heteroatoms. The number of halogens is 3. The molecule has 0 radical (unpaired) electrons. The summed E-state index contributed by atoms with van der Waals surface area (Å²) >= 11 is 13.0. The van der Waals surface area contributed by atoms with Gasteiger partial charge in [0.25, 0.3) is 0 Å². The Kier molecular flexibility index (Phi) is 7.46. The lowest BCUT2D eigenvalue weighted by atomic mass is 9.79. The summed E-state index contributed by atoms with van der Waals surface area (Å²) in [6.07, 6.45) is 10.1. The van der Waals surface area contributed by atoms with E-state index in [4.69, 9.17) is 27.6 Å². The summed E-state index contributed by atoms with van der Waals surface area (Å²) in [4.78, 5) is 0. The van der Waals surface area contributed by atoms with Crippen molar-refractivity contribution < 1.29 is 8.82 Å². The van der Waals surface area contributed by atoms with Gasteiger partial charge in [0, 0.05) is 5.56 Å². The largest absolute Gasteiger partial charge is 0.410 e. The van der Waals surface area contributed by atoms with Crippen molar-refractivity contribution in [2.75, 3.05) is 0 Å². The lowest BCUT2D eigenvalue weighted by molar-refractivity contribution is 0.163. The Morgan fingerprint density at radius 2 is 1.59 bits per heavy atom. The van der Waals surface area contributed by atoms with Gasteiger partial charge in [-0.2, -0.15) is 0 Å². The minimum atomic E-state index is -1.85. The molecule has 29 heavy (non-hydrogen) atoms. The standard InChI is InChI=1S/C24H37Cl2FOSi/c1-5-29(6-2,7-3)28-21(22-19(25)15-18(27)16-20(22)26)9-8-10-24-13-11-23(4,17-24)12-14-24/h15-16,21H,5-14,17H2,1-4H3. The summed E-state index contributed by atoms with van der Waals surface area (Å²) in [6, 6.07) is 5.99. The van der Waals surface area contributed by atoms with Crippen molar-refractivity contribution in [1.29, 1.82) is 0 Å². The van der Waals surface area contributed by atoms with Crippen LogP contribution in [-0.2, 0) is 4.43 Å². The van der Waals surface area contributed by atoms with Crippen LogP contribution in [0.5, 0.6) is 0 Å². The Balaban J connectivity index is 1.78. The molecule has 1 nitrogen and oxygen atoms in total. The third-order valence-electron chi connectivity index (χ3n) is 8.18. The van der Waals surface area contributed by atoms with Crippen molar-refractivity contribution >= 4 is 31.5 Å². The highest BCUT2D eigenvalue weighted by Crippen LogP contribution is 2.63. The van der Waals surface area contributed by atoms with Crippen LogP contribution in [0, 0.1) is 16.6 Å². The van der Waals surface area contributed by atoms with E-state index in [0.29, 0.717) is 20.9 Å². The predicted molar refractivity (Wildman–Crippen MR) is 125 cm³/mol. The van der Waals surface area contributed by atoms with Crippen LogP contribution in [0.1, 0.15) is 90.7 Å². The van der Waals surface area contributed by atoms with Crippen molar-refractivity contribution in [3.8, 4) is 0 Å². The minimum Gasteiger partial charge on any atom is -0.410 e. The van der Waals surface area contributed by atoms with Crippen LogP contribution in [0.25, 0.3) is 0 Å². The molecule has 0 spiro atoms. The van der Waals surface area contributed by atoms with Gasteiger partial charge in [0.2, 0.25) is 0 Å². The molecule has 0 N–H and O–H groups in total. The first-order valence-electron chi connectivity index (χ1n) is 11.5. The third kappa shape index (κ3) is 5.05. The molecule has 0 saturated heterocycles. The topological polar surface area (TPSA) is 9.23 Å². The van der Waals surface area contributed by atoms with E-state index in [2.05, 4.69) is 27.7 Å². The lowest BCUT2D eigenvalue weighted by Gasteiger charge is -2.35. The van der Waals surface area contributed by atoms with Crippen molar-refractivity contribution in [1.82, 2.24) is 0 Å². The molecule has 2 fully saturated rings. The predicted octanol–water partition coefficient (Wildman–Crippen LogP) is 9.34. The van der Waals surface area contributed by atoms with Gasteiger partial charge in [-0.25, -0.2) is 4.39 Å². The molecule has 2 aliphatic rings. The van der Waals surface area contributed by atoms with Crippen molar-refractivity contribution in [3.63, 3.8) is 0 Å². The van der Waals surface area contributed by atoms with Crippen LogP contribution in [0.3, 0.4) is 0 Å². The maximum absolute atomic E-state index is 13.8. The molecule has 2 saturated carbocycles. The second kappa shape index (κ2) is 9.18. The normalized spacial score (nSPS) is 27.6. The molecule has 1 atom stereocenters. The van der Waals surface area contributed by atoms with Crippen LogP contribution < -0.4 is 0 Å². The molecular weight excluding hydrogens is 422 g/mol. The van der Waals surface area contributed by atoms with Crippen LogP contribution in [0.15, 0.2) is 12.1 Å². The van der Waals surface area contributed by atoms with Gasteiger partial charge in [0.05, 0.1) is 16.1 Å². The van der Waals surface area contributed by atoms with E-state index in [1.54, 1.807) is 0 Å². The smallest absolute Gasteiger partial charge is 0.192 e. The zero-order valence-electron chi connectivity index (χ0n) is 18.6. The Morgan fingerprint density at radius 1 is 1.03 bits per heavy atom. The van der Waals surface area contributed by atoms with Crippen molar-refractivity contribution in [3.05, 3.63) is 33.6 Å². The molecule has 3 rings (SSSR count). The summed E-state index contributed by atoms with van der Waals surface area (Å²) in [7, 11) is -1.85. The Bertz CT molecular complexity index is 680. The summed E-state index contributed by atoms with van der Waals surface area (Å²) < 4.78 is 20.7. The van der Waals surface area contributed by atoms with Gasteiger partial charge >= 0.3 is 0 Å². The second-order valence-corrected chi connectivity index (χ2v) is 15.6. The monoisotopic (exact) mass is 458 g/mol. The fraction of sp³-hybridized carbons (Fsp3) is 0.750. The Hall–Kier alpha value is -0.0931. The van der Waals surface area contributed by atoms with Gasteiger partial charge in [-0.15, -0.1) is 0 Å². The summed E-state index contributed by atoms with van der Waals surface area (Å²) in [5.74, 6) is -0.387. The summed E-state index contributed by atoms with van der Waals surface area (Å²) in [6.45, 7) is 9.18. The van der Waals surface area contributed by atoms with Crippen molar-refractivity contribution in [2.45, 2.75) is 103 Å². The first-order chi connectivity index (χ1) is 13.7. The molecule has 1 aromatic carbocycles. The van der Waals surface area contributed by atoms with E-state index in [-0.39, 0.29) is 11.9 Å². The van der Waals surface area contributed by atoms with Gasteiger partial charge in [-0.3, -0.25) is 0 Å². The zero-order valence-corrected chi connectivity index (χ0v) is 21.1. The van der Waals surface area contributed by atoms with E-state index >= 15 is 0 Å². The first kappa shape index (κ1) is 23.6. The Labute approximate surface area is 187 Å². The average Bonchev–Trinajstić information content (AvgIpc) is 3.18. The maximum atomic E-state index is 13.8. The van der Waals surface area contributed by atoms with Gasteiger partial charge in [0.1, 0.15) is 5.82 Å². The molecule has 2 bridgehead atoms. The van der Waals surface area contributed by atoms with Crippen LogP contribution in [0.4, 0.5) is 4.39 Å². The molecule has 0 heterocycles. The summed E-state index contributed by atoms with van der Waals surface area (Å²) in [5.41, 5.74) is 1.93. The first-order valence-corrected chi connectivity index (χ1v) is 14.8. The SMILES string of the molecule is CC[Si](CC)(CC)OC(CCCC12CCC(C)(CC1)C2)c1c(Cl)cc(F)cc1Cl.